The highest BCUT2D eigenvalue weighted by Gasteiger charge is 2.43. The van der Waals surface area contributed by atoms with E-state index in [1.807, 2.05) is 26.1 Å². The molecule has 0 radical (unpaired) electrons. The second-order valence-electron chi connectivity index (χ2n) is 6.60. The molecule has 23 heavy (non-hydrogen) atoms. The van der Waals surface area contributed by atoms with Crippen LogP contribution in [0, 0.1) is 0 Å². The lowest BCUT2D eigenvalue weighted by molar-refractivity contribution is -0.159. The van der Waals surface area contributed by atoms with Gasteiger partial charge in [-0.2, -0.15) is 0 Å². The van der Waals surface area contributed by atoms with Crippen molar-refractivity contribution in [2.24, 2.45) is 0 Å². The SMILES string of the molecule is CC1(C)OC[C@](C)(c2ccnc(-c3cccc4ccsc34)c2)O1. The summed E-state index contributed by atoms with van der Waals surface area (Å²) in [6.45, 7) is 6.53. The van der Waals surface area contributed by atoms with Gasteiger partial charge in [0.1, 0.15) is 5.60 Å². The normalized spacial score (nSPS) is 23.4. The van der Waals surface area contributed by atoms with E-state index in [4.69, 9.17) is 9.47 Å². The summed E-state index contributed by atoms with van der Waals surface area (Å²) in [6, 6.07) is 12.6. The van der Waals surface area contributed by atoms with Crippen molar-refractivity contribution < 1.29 is 9.47 Å². The van der Waals surface area contributed by atoms with Gasteiger partial charge in [-0.3, -0.25) is 4.98 Å². The zero-order valence-corrected chi connectivity index (χ0v) is 14.3. The topological polar surface area (TPSA) is 31.4 Å². The van der Waals surface area contributed by atoms with Gasteiger partial charge in [-0.15, -0.1) is 11.3 Å². The van der Waals surface area contributed by atoms with E-state index in [1.165, 1.54) is 15.6 Å². The molecule has 1 saturated heterocycles. The quantitative estimate of drug-likeness (QED) is 0.667. The smallest absolute Gasteiger partial charge is 0.164 e. The first-order chi connectivity index (χ1) is 11.0. The highest BCUT2D eigenvalue weighted by Crippen LogP contribution is 2.40. The van der Waals surface area contributed by atoms with Gasteiger partial charge in [-0.1, -0.05) is 18.2 Å². The van der Waals surface area contributed by atoms with Crippen molar-refractivity contribution >= 4 is 21.4 Å². The molecule has 0 bridgehead atoms. The standard InChI is InChI=1S/C19H19NO2S/c1-18(2)21-12-19(3,22-18)14-7-9-20-16(11-14)15-6-4-5-13-8-10-23-17(13)15/h4-11H,12H2,1-3H3/t19-/m1/s1. The average molecular weight is 325 g/mol. The Balaban J connectivity index is 1.79. The summed E-state index contributed by atoms with van der Waals surface area (Å²) in [4.78, 5) is 4.59. The van der Waals surface area contributed by atoms with Crippen LogP contribution in [0.1, 0.15) is 26.3 Å². The Morgan fingerprint density at radius 1 is 1.13 bits per heavy atom. The molecule has 1 aromatic carbocycles. The number of fused-ring (bicyclic) bond motifs is 1. The van der Waals surface area contributed by atoms with Gasteiger partial charge in [0.05, 0.1) is 12.3 Å². The zero-order chi connectivity index (χ0) is 16.1. The first-order valence-electron chi connectivity index (χ1n) is 7.74. The van der Waals surface area contributed by atoms with Gasteiger partial charge < -0.3 is 9.47 Å². The number of pyridine rings is 1. The Kier molecular flexibility index (Phi) is 3.30. The monoisotopic (exact) mass is 325 g/mol. The number of rotatable bonds is 2. The van der Waals surface area contributed by atoms with Gasteiger partial charge in [-0.25, -0.2) is 0 Å². The second-order valence-corrected chi connectivity index (χ2v) is 7.51. The van der Waals surface area contributed by atoms with Crippen molar-refractivity contribution in [2.75, 3.05) is 6.61 Å². The Bertz CT molecular complexity index is 870. The Morgan fingerprint density at radius 3 is 2.78 bits per heavy atom. The fourth-order valence-corrected chi connectivity index (χ4v) is 4.08. The minimum absolute atomic E-state index is 0.440. The van der Waals surface area contributed by atoms with Crippen LogP contribution in [0.5, 0.6) is 0 Å². The van der Waals surface area contributed by atoms with Crippen molar-refractivity contribution in [1.82, 2.24) is 4.98 Å². The van der Waals surface area contributed by atoms with Gasteiger partial charge in [0.2, 0.25) is 0 Å². The summed E-state index contributed by atoms with van der Waals surface area (Å²) < 4.78 is 13.2. The summed E-state index contributed by atoms with van der Waals surface area (Å²) in [5.41, 5.74) is 2.80. The number of ether oxygens (including phenoxy) is 2. The first kappa shape index (κ1) is 14.8. The Labute approximate surface area is 139 Å². The minimum atomic E-state index is -0.550. The maximum Gasteiger partial charge on any atom is 0.164 e. The second kappa shape index (κ2) is 5.13. The number of hydrogen-bond donors (Lipinski definition) is 0. The third-order valence-electron chi connectivity index (χ3n) is 4.29. The molecule has 3 aromatic rings. The third kappa shape index (κ3) is 2.57. The van der Waals surface area contributed by atoms with E-state index < -0.39 is 11.4 Å². The van der Waals surface area contributed by atoms with Crippen LogP contribution < -0.4 is 0 Å². The van der Waals surface area contributed by atoms with Crippen LogP contribution in [0.4, 0.5) is 0 Å². The predicted octanol–water partition coefficient (Wildman–Crippen LogP) is 4.96. The maximum atomic E-state index is 6.14. The van der Waals surface area contributed by atoms with Crippen LogP contribution in [0.25, 0.3) is 21.3 Å². The molecule has 3 nitrogen and oxygen atoms in total. The number of aromatic nitrogens is 1. The van der Waals surface area contributed by atoms with Crippen LogP contribution in [0.3, 0.4) is 0 Å². The maximum absolute atomic E-state index is 6.14. The van der Waals surface area contributed by atoms with Crippen LogP contribution in [0.15, 0.2) is 48.0 Å². The molecule has 3 heterocycles. The molecule has 0 aliphatic carbocycles. The van der Waals surface area contributed by atoms with Crippen molar-refractivity contribution in [3.05, 3.63) is 53.5 Å². The van der Waals surface area contributed by atoms with Gasteiger partial charge in [0.25, 0.3) is 0 Å². The van der Waals surface area contributed by atoms with Gasteiger partial charge in [0, 0.05) is 16.5 Å². The molecule has 1 aliphatic heterocycles. The van der Waals surface area contributed by atoms with E-state index in [-0.39, 0.29) is 0 Å². The molecule has 0 unspecified atom stereocenters. The summed E-state index contributed by atoms with van der Waals surface area (Å²) in [5, 5.41) is 3.38. The fraction of sp³-hybridized carbons (Fsp3) is 0.316. The van der Waals surface area contributed by atoms with E-state index in [2.05, 4.69) is 47.6 Å². The van der Waals surface area contributed by atoms with Crippen LogP contribution in [-0.4, -0.2) is 17.4 Å². The molecule has 1 atom stereocenters. The molecular weight excluding hydrogens is 306 g/mol. The van der Waals surface area contributed by atoms with E-state index in [0.29, 0.717) is 6.61 Å². The molecule has 0 spiro atoms. The van der Waals surface area contributed by atoms with Gasteiger partial charge in [-0.05, 0) is 55.3 Å². The Morgan fingerprint density at radius 2 is 2.00 bits per heavy atom. The fourth-order valence-electron chi connectivity index (χ4n) is 3.16. The van der Waals surface area contributed by atoms with E-state index >= 15 is 0 Å². The lowest BCUT2D eigenvalue weighted by atomic mass is 9.96. The van der Waals surface area contributed by atoms with Gasteiger partial charge in [0.15, 0.2) is 5.79 Å². The summed E-state index contributed by atoms with van der Waals surface area (Å²) in [6.07, 6.45) is 1.86. The zero-order valence-electron chi connectivity index (χ0n) is 13.5. The molecule has 0 N–H and O–H groups in total. The van der Waals surface area contributed by atoms with E-state index in [0.717, 1.165) is 11.3 Å². The minimum Gasteiger partial charge on any atom is -0.347 e. The van der Waals surface area contributed by atoms with Gasteiger partial charge >= 0.3 is 0 Å². The van der Waals surface area contributed by atoms with E-state index in [9.17, 15) is 0 Å². The number of hydrogen-bond acceptors (Lipinski definition) is 4. The number of thiophene rings is 1. The molecule has 4 heteroatoms. The molecule has 2 aromatic heterocycles. The van der Waals surface area contributed by atoms with Crippen molar-refractivity contribution in [2.45, 2.75) is 32.2 Å². The lowest BCUT2D eigenvalue weighted by Gasteiger charge is -2.25. The molecule has 0 saturated carbocycles. The molecule has 1 aliphatic rings. The van der Waals surface area contributed by atoms with E-state index in [1.54, 1.807) is 11.3 Å². The molecule has 4 rings (SSSR count). The lowest BCUT2D eigenvalue weighted by Crippen LogP contribution is -2.28. The predicted molar refractivity (Wildman–Crippen MR) is 93.5 cm³/mol. The number of benzene rings is 1. The number of nitrogens with zero attached hydrogens (tertiary/aromatic N) is 1. The van der Waals surface area contributed by atoms with Crippen LogP contribution in [-0.2, 0) is 15.1 Å². The van der Waals surface area contributed by atoms with Crippen LogP contribution in [0.2, 0.25) is 0 Å². The first-order valence-corrected chi connectivity index (χ1v) is 8.62. The highest BCUT2D eigenvalue weighted by atomic mass is 32.1. The highest BCUT2D eigenvalue weighted by molar-refractivity contribution is 7.17. The van der Waals surface area contributed by atoms with Crippen molar-refractivity contribution in [3.8, 4) is 11.3 Å². The van der Waals surface area contributed by atoms with Crippen LogP contribution >= 0.6 is 11.3 Å². The summed E-state index contributed by atoms with van der Waals surface area (Å²) >= 11 is 1.75. The molecule has 0 amide bonds. The largest absolute Gasteiger partial charge is 0.347 e. The summed E-state index contributed by atoms with van der Waals surface area (Å²) in [7, 11) is 0. The Hall–Kier alpha value is -1.75. The molecule has 1 fully saturated rings. The average Bonchev–Trinajstić information content (AvgIpc) is 3.12. The summed E-state index contributed by atoms with van der Waals surface area (Å²) in [5.74, 6) is -0.550. The molecule has 118 valence electrons. The third-order valence-corrected chi connectivity index (χ3v) is 5.26. The van der Waals surface area contributed by atoms with Crippen molar-refractivity contribution in [3.63, 3.8) is 0 Å². The molecular formula is C19H19NO2S. The van der Waals surface area contributed by atoms with Crippen molar-refractivity contribution in [1.29, 1.82) is 0 Å².